The molecule has 11 heavy (non-hydrogen) atoms. The van der Waals surface area contributed by atoms with Gasteiger partial charge in [0.15, 0.2) is 0 Å². The molecule has 1 unspecified atom stereocenters. The Balaban J connectivity index is 2.39. The SMILES string of the molecule is O=C(CCl)N1CCCC(F)C1. The largest absolute Gasteiger partial charge is 0.339 e. The second-order valence-electron chi connectivity index (χ2n) is 2.71. The van der Waals surface area contributed by atoms with Gasteiger partial charge in [0.25, 0.3) is 0 Å². The highest BCUT2D eigenvalue weighted by Crippen LogP contribution is 2.12. The lowest BCUT2D eigenvalue weighted by molar-refractivity contribution is -0.130. The maximum Gasteiger partial charge on any atom is 0.237 e. The number of hydrogen-bond donors (Lipinski definition) is 0. The number of rotatable bonds is 1. The maximum atomic E-state index is 12.7. The van der Waals surface area contributed by atoms with Gasteiger partial charge in [-0.3, -0.25) is 4.79 Å². The van der Waals surface area contributed by atoms with Crippen LogP contribution in [-0.2, 0) is 4.79 Å². The first kappa shape index (κ1) is 8.78. The van der Waals surface area contributed by atoms with Gasteiger partial charge in [0.2, 0.25) is 5.91 Å². The van der Waals surface area contributed by atoms with Crippen molar-refractivity contribution in [1.82, 2.24) is 4.90 Å². The Bertz CT molecular complexity index is 153. The summed E-state index contributed by atoms with van der Waals surface area (Å²) in [5.41, 5.74) is 0. The summed E-state index contributed by atoms with van der Waals surface area (Å²) in [6.07, 6.45) is 0.478. The van der Waals surface area contributed by atoms with Crippen molar-refractivity contribution in [3.05, 3.63) is 0 Å². The van der Waals surface area contributed by atoms with Crippen LogP contribution >= 0.6 is 11.6 Å². The molecule has 1 amide bonds. The van der Waals surface area contributed by atoms with Crippen LogP contribution in [0.2, 0.25) is 0 Å². The first-order chi connectivity index (χ1) is 5.24. The van der Waals surface area contributed by atoms with E-state index in [1.54, 1.807) is 0 Å². The number of amides is 1. The quantitative estimate of drug-likeness (QED) is 0.554. The van der Waals surface area contributed by atoms with Gasteiger partial charge < -0.3 is 4.90 Å². The summed E-state index contributed by atoms with van der Waals surface area (Å²) in [4.78, 5) is 12.4. The second kappa shape index (κ2) is 3.90. The molecule has 0 radical (unpaired) electrons. The van der Waals surface area contributed by atoms with Gasteiger partial charge in [0.1, 0.15) is 12.1 Å². The summed E-state index contributed by atoms with van der Waals surface area (Å²) >= 11 is 5.32. The van der Waals surface area contributed by atoms with Crippen LogP contribution in [0.4, 0.5) is 4.39 Å². The van der Waals surface area contributed by atoms with Gasteiger partial charge in [-0.1, -0.05) is 0 Å². The van der Waals surface area contributed by atoms with Crippen molar-refractivity contribution >= 4 is 17.5 Å². The zero-order valence-electron chi connectivity index (χ0n) is 6.22. The molecular formula is C7H11ClFNO. The van der Waals surface area contributed by atoms with Crippen LogP contribution in [0.25, 0.3) is 0 Å². The summed E-state index contributed by atoms with van der Waals surface area (Å²) in [5, 5.41) is 0. The number of halogens is 2. The zero-order valence-corrected chi connectivity index (χ0v) is 6.98. The summed E-state index contributed by atoms with van der Waals surface area (Å²) in [7, 11) is 0. The van der Waals surface area contributed by atoms with E-state index in [1.807, 2.05) is 0 Å². The lowest BCUT2D eigenvalue weighted by Gasteiger charge is -2.28. The molecule has 1 aliphatic rings. The van der Waals surface area contributed by atoms with Crippen LogP contribution in [0.3, 0.4) is 0 Å². The molecule has 0 N–H and O–H groups in total. The van der Waals surface area contributed by atoms with Crippen molar-refractivity contribution in [2.75, 3.05) is 19.0 Å². The van der Waals surface area contributed by atoms with Crippen molar-refractivity contribution in [1.29, 1.82) is 0 Å². The van der Waals surface area contributed by atoms with Gasteiger partial charge in [0, 0.05) is 6.54 Å². The summed E-state index contributed by atoms with van der Waals surface area (Å²) in [5.74, 6) is -0.193. The average Bonchev–Trinajstić information content (AvgIpc) is 2.03. The van der Waals surface area contributed by atoms with Crippen LogP contribution in [0.1, 0.15) is 12.8 Å². The van der Waals surface area contributed by atoms with E-state index in [9.17, 15) is 9.18 Å². The molecule has 1 atom stereocenters. The zero-order chi connectivity index (χ0) is 8.27. The van der Waals surface area contributed by atoms with Crippen LogP contribution in [0, 0.1) is 0 Å². The van der Waals surface area contributed by atoms with E-state index in [1.165, 1.54) is 4.90 Å². The van der Waals surface area contributed by atoms with Crippen molar-refractivity contribution < 1.29 is 9.18 Å². The second-order valence-corrected chi connectivity index (χ2v) is 2.98. The minimum atomic E-state index is -0.851. The van der Waals surface area contributed by atoms with Gasteiger partial charge in [-0.2, -0.15) is 0 Å². The lowest BCUT2D eigenvalue weighted by atomic mass is 10.1. The molecule has 1 aliphatic heterocycles. The number of likely N-dealkylation sites (tertiary alicyclic amines) is 1. The minimum absolute atomic E-state index is 0.0350. The third-order valence-electron chi connectivity index (χ3n) is 1.83. The molecule has 0 aliphatic carbocycles. The third-order valence-corrected chi connectivity index (χ3v) is 2.06. The number of carbonyl (C=O) groups is 1. The van der Waals surface area contributed by atoms with E-state index in [4.69, 9.17) is 11.6 Å². The predicted octanol–water partition coefficient (Wildman–Crippen LogP) is 1.19. The van der Waals surface area contributed by atoms with E-state index in [0.29, 0.717) is 13.0 Å². The van der Waals surface area contributed by atoms with Gasteiger partial charge in [-0.25, -0.2) is 4.39 Å². The van der Waals surface area contributed by atoms with Crippen molar-refractivity contribution in [3.8, 4) is 0 Å². The first-order valence-corrected chi connectivity index (χ1v) is 4.25. The highest BCUT2D eigenvalue weighted by molar-refractivity contribution is 6.27. The Labute approximate surface area is 70.3 Å². The number of alkyl halides is 2. The van der Waals surface area contributed by atoms with Gasteiger partial charge in [0.05, 0.1) is 6.54 Å². The van der Waals surface area contributed by atoms with E-state index >= 15 is 0 Å². The molecule has 1 fully saturated rings. The summed E-state index contributed by atoms with van der Waals surface area (Å²) < 4.78 is 12.7. The van der Waals surface area contributed by atoms with Crippen molar-refractivity contribution in [2.45, 2.75) is 19.0 Å². The van der Waals surface area contributed by atoms with Crippen molar-refractivity contribution in [3.63, 3.8) is 0 Å². The van der Waals surface area contributed by atoms with E-state index in [0.717, 1.165) is 6.42 Å². The molecule has 4 heteroatoms. The fraction of sp³-hybridized carbons (Fsp3) is 0.857. The van der Waals surface area contributed by atoms with Gasteiger partial charge >= 0.3 is 0 Å². The Morgan fingerprint density at radius 1 is 1.73 bits per heavy atom. The number of nitrogens with zero attached hydrogens (tertiary/aromatic N) is 1. The fourth-order valence-electron chi connectivity index (χ4n) is 1.24. The topological polar surface area (TPSA) is 20.3 Å². The molecular weight excluding hydrogens is 169 g/mol. The fourth-order valence-corrected chi connectivity index (χ4v) is 1.41. The molecule has 2 nitrogen and oxygen atoms in total. The Morgan fingerprint density at radius 3 is 3.00 bits per heavy atom. The van der Waals surface area contributed by atoms with Gasteiger partial charge in [-0.05, 0) is 12.8 Å². The normalized spacial score (nSPS) is 25.3. The molecule has 0 aromatic carbocycles. The lowest BCUT2D eigenvalue weighted by Crippen LogP contribution is -2.41. The maximum absolute atomic E-state index is 12.7. The van der Waals surface area contributed by atoms with Crippen LogP contribution < -0.4 is 0 Å². The molecule has 1 saturated heterocycles. The molecule has 1 rings (SSSR count). The predicted molar refractivity (Wildman–Crippen MR) is 41.4 cm³/mol. The molecule has 1 heterocycles. The highest BCUT2D eigenvalue weighted by Gasteiger charge is 2.21. The monoisotopic (exact) mass is 179 g/mol. The molecule has 0 spiro atoms. The minimum Gasteiger partial charge on any atom is -0.339 e. The van der Waals surface area contributed by atoms with Gasteiger partial charge in [-0.15, -0.1) is 11.6 Å². The average molecular weight is 180 g/mol. The standard InChI is InChI=1S/C7H11ClFNO/c8-4-7(11)10-3-1-2-6(9)5-10/h6H,1-5H2. The number of carbonyl (C=O) groups excluding carboxylic acids is 1. The summed E-state index contributed by atoms with van der Waals surface area (Å²) in [6.45, 7) is 0.886. The Hall–Kier alpha value is -0.310. The Kier molecular flexibility index (Phi) is 3.12. The van der Waals surface area contributed by atoms with Crippen LogP contribution in [-0.4, -0.2) is 35.9 Å². The number of hydrogen-bond acceptors (Lipinski definition) is 1. The van der Waals surface area contributed by atoms with Crippen LogP contribution in [0.5, 0.6) is 0 Å². The molecule has 0 aromatic rings. The summed E-state index contributed by atoms with van der Waals surface area (Å²) in [6, 6.07) is 0. The molecule has 0 bridgehead atoms. The third kappa shape index (κ3) is 2.33. The van der Waals surface area contributed by atoms with E-state index < -0.39 is 6.17 Å². The van der Waals surface area contributed by atoms with Crippen LogP contribution in [0.15, 0.2) is 0 Å². The van der Waals surface area contributed by atoms with Crippen molar-refractivity contribution in [2.24, 2.45) is 0 Å². The number of piperidine rings is 1. The molecule has 64 valence electrons. The molecule has 0 saturated carbocycles. The first-order valence-electron chi connectivity index (χ1n) is 3.72. The highest BCUT2D eigenvalue weighted by atomic mass is 35.5. The van der Waals surface area contributed by atoms with E-state index in [-0.39, 0.29) is 18.3 Å². The Morgan fingerprint density at radius 2 is 2.45 bits per heavy atom. The van der Waals surface area contributed by atoms with E-state index in [2.05, 4.69) is 0 Å². The molecule has 0 aromatic heterocycles. The smallest absolute Gasteiger partial charge is 0.237 e.